The Balaban J connectivity index is 2.27. The number of phenolic OH excluding ortho intramolecular Hbond substituents is 1. The normalized spacial score (nSPS) is 10.2. The van der Waals surface area contributed by atoms with Crippen molar-refractivity contribution in [3.63, 3.8) is 0 Å². The Labute approximate surface area is 138 Å². The molecule has 0 spiro atoms. The van der Waals surface area contributed by atoms with E-state index in [4.69, 9.17) is 16.3 Å². The van der Waals surface area contributed by atoms with Crippen LogP contribution < -0.4 is 10.1 Å². The van der Waals surface area contributed by atoms with Gasteiger partial charge in [0.05, 0.1) is 11.3 Å². The second kappa shape index (κ2) is 7.65. The van der Waals surface area contributed by atoms with Crippen molar-refractivity contribution >= 4 is 29.0 Å². The quantitative estimate of drug-likeness (QED) is 0.483. The first kappa shape index (κ1) is 16.8. The van der Waals surface area contributed by atoms with Crippen LogP contribution in [0.2, 0.25) is 0 Å². The number of hydrogen-bond donors (Lipinski definition) is 2. The zero-order chi connectivity index (χ0) is 16.8. The van der Waals surface area contributed by atoms with Crippen LogP contribution in [0.15, 0.2) is 42.5 Å². The highest BCUT2D eigenvalue weighted by Gasteiger charge is 2.16. The lowest BCUT2D eigenvalue weighted by Crippen LogP contribution is -2.13. The summed E-state index contributed by atoms with van der Waals surface area (Å²) in [5.41, 5.74) is 1.11. The van der Waals surface area contributed by atoms with Crippen molar-refractivity contribution in [3.05, 3.63) is 53.6 Å². The van der Waals surface area contributed by atoms with Crippen molar-refractivity contribution in [1.82, 2.24) is 0 Å². The minimum atomic E-state index is -0.489. The van der Waals surface area contributed by atoms with Crippen LogP contribution in [-0.4, -0.2) is 22.7 Å². The molecule has 5 nitrogen and oxygen atoms in total. The van der Waals surface area contributed by atoms with Crippen LogP contribution in [-0.2, 0) is 11.4 Å². The summed E-state index contributed by atoms with van der Waals surface area (Å²) in [5.74, 6) is -1.03. The van der Waals surface area contributed by atoms with Crippen LogP contribution in [0.1, 0.15) is 22.8 Å². The van der Waals surface area contributed by atoms with Gasteiger partial charge in [0.2, 0.25) is 5.91 Å². The Hall–Kier alpha value is -2.53. The van der Waals surface area contributed by atoms with Crippen LogP contribution in [0.5, 0.6) is 11.5 Å². The summed E-state index contributed by atoms with van der Waals surface area (Å²) in [6.07, 6.45) is 0. The van der Waals surface area contributed by atoms with Crippen molar-refractivity contribution < 1.29 is 19.4 Å². The third-order valence-electron chi connectivity index (χ3n) is 3.11. The first-order valence-corrected chi connectivity index (χ1v) is 7.45. The van der Waals surface area contributed by atoms with E-state index in [1.165, 1.54) is 19.1 Å². The molecule has 120 valence electrons. The minimum Gasteiger partial charge on any atom is -0.505 e. The van der Waals surface area contributed by atoms with Crippen molar-refractivity contribution in [2.45, 2.75) is 13.5 Å². The zero-order valence-corrected chi connectivity index (χ0v) is 13.3. The zero-order valence-electron chi connectivity index (χ0n) is 12.5. The summed E-state index contributed by atoms with van der Waals surface area (Å²) in [7, 11) is 0. The Bertz CT molecular complexity index is 716. The number of alkyl halides is 1. The van der Waals surface area contributed by atoms with Gasteiger partial charge in [0.25, 0.3) is 0 Å². The number of ketones is 1. The lowest BCUT2D eigenvalue weighted by Gasteiger charge is -2.13. The molecule has 0 saturated carbocycles. The van der Waals surface area contributed by atoms with Gasteiger partial charge in [-0.05, 0) is 18.6 Å². The molecular formula is C17H16ClNO4. The van der Waals surface area contributed by atoms with E-state index in [1.54, 1.807) is 0 Å². The van der Waals surface area contributed by atoms with Crippen molar-refractivity contribution in [2.24, 2.45) is 0 Å². The summed E-state index contributed by atoms with van der Waals surface area (Å²) in [4.78, 5) is 23.1. The molecule has 0 bridgehead atoms. The molecule has 0 aromatic heterocycles. The average molecular weight is 334 g/mol. The lowest BCUT2D eigenvalue weighted by atomic mass is 10.1. The van der Waals surface area contributed by atoms with E-state index < -0.39 is 5.91 Å². The third-order valence-corrected chi connectivity index (χ3v) is 3.35. The summed E-state index contributed by atoms with van der Waals surface area (Å²) >= 11 is 5.45. The summed E-state index contributed by atoms with van der Waals surface area (Å²) in [6, 6.07) is 12.4. The average Bonchev–Trinajstić information content (AvgIpc) is 2.55. The minimum absolute atomic E-state index is 0.0698. The molecule has 0 radical (unpaired) electrons. The highest BCUT2D eigenvalue weighted by molar-refractivity contribution is 6.29. The number of rotatable bonds is 6. The summed E-state index contributed by atoms with van der Waals surface area (Å²) < 4.78 is 5.65. The van der Waals surface area contributed by atoms with Crippen molar-refractivity contribution in [1.29, 1.82) is 0 Å². The van der Waals surface area contributed by atoms with Crippen LogP contribution in [0, 0.1) is 0 Å². The van der Waals surface area contributed by atoms with Gasteiger partial charge in [-0.3, -0.25) is 9.59 Å². The van der Waals surface area contributed by atoms with Gasteiger partial charge >= 0.3 is 0 Å². The number of carbonyl (C=O) groups is 2. The van der Waals surface area contributed by atoms with Gasteiger partial charge in [-0.25, -0.2) is 0 Å². The van der Waals surface area contributed by atoms with E-state index in [-0.39, 0.29) is 28.7 Å². The number of nitrogens with one attached hydrogen (secondary N) is 1. The molecule has 0 aliphatic rings. The predicted molar refractivity (Wildman–Crippen MR) is 88.2 cm³/mol. The first-order chi connectivity index (χ1) is 11.0. The topological polar surface area (TPSA) is 75.6 Å². The maximum Gasteiger partial charge on any atom is 0.239 e. The summed E-state index contributed by atoms with van der Waals surface area (Å²) in [5, 5.41) is 12.5. The molecular weight excluding hydrogens is 318 g/mol. The Morgan fingerprint density at radius 3 is 2.52 bits per heavy atom. The molecule has 6 heteroatoms. The van der Waals surface area contributed by atoms with E-state index in [0.29, 0.717) is 12.4 Å². The number of ether oxygens (including phenoxy) is 1. The Kier molecular flexibility index (Phi) is 5.60. The van der Waals surface area contributed by atoms with Crippen LogP contribution in [0.25, 0.3) is 0 Å². The van der Waals surface area contributed by atoms with Crippen molar-refractivity contribution in [3.8, 4) is 11.5 Å². The van der Waals surface area contributed by atoms with Gasteiger partial charge in [-0.2, -0.15) is 0 Å². The molecule has 2 aromatic rings. The van der Waals surface area contributed by atoms with Crippen LogP contribution >= 0.6 is 11.6 Å². The van der Waals surface area contributed by atoms with E-state index in [2.05, 4.69) is 5.32 Å². The number of halogens is 1. The number of phenols is 1. The maximum absolute atomic E-state index is 11.6. The van der Waals surface area contributed by atoms with Gasteiger partial charge in [0, 0.05) is 6.07 Å². The van der Waals surface area contributed by atoms with Crippen LogP contribution in [0.3, 0.4) is 0 Å². The number of anilines is 1. The second-order valence-electron chi connectivity index (χ2n) is 4.88. The van der Waals surface area contributed by atoms with Gasteiger partial charge < -0.3 is 15.2 Å². The summed E-state index contributed by atoms with van der Waals surface area (Å²) in [6.45, 7) is 1.62. The highest BCUT2D eigenvalue weighted by atomic mass is 35.5. The number of Topliss-reactive ketones (excluding diaryl/α,β-unsaturated/α-hetero) is 1. The Morgan fingerprint density at radius 1 is 1.22 bits per heavy atom. The molecule has 0 saturated heterocycles. The van der Waals surface area contributed by atoms with Gasteiger partial charge in [0.1, 0.15) is 24.0 Å². The number of hydrogen-bond acceptors (Lipinski definition) is 4. The smallest absolute Gasteiger partial charge is 0.239 e. The lowest BCUT2D eigenvalue weighted by molar-refractivity contribution is -0.113. The van der Waals surface area contributed by atoms with Crippen LogP contribution in [0.4, 0.5) is 5.69 Å². The monoisotopic (exact) mass is 333 g/mol. The molecule has 1 amide bonds. The standard InChI is InChI=1S/C17H16ClNO4/c1-11(20)14-7-13(23-10-12-5-3-2-4-6-12)8-15(17(14)22)19-16(21)9-18/h2-8,22H,9-10H2,1H3,(H,19,21). The van der Waals surface area contributed by atoms with E-state index >= 15 is 0 Å². The van der Waals surface area contributed by atoms with Gasteiger partial charge in [-0.1, -0.05) is 30.3 Å². The number of benzene rings is 2. The molecule has 0 aliphatic carbocycles. The second-order valence-corrected chi connectivity index (χ2v) is 5.15. The molecule has 0 heterocycles. The maximum atomic E-state index is 11.6. The highest BCUT2D eigenvalue weighted by Crippen LogP contribution is 2.33. The van der Waals surface area contributed by atoms with Gasteiger partial charge in [-0.15, -0.1) is 11.6 Å². The van der Waals surface area contributed by atoms with Gasteiger partial charge in [0.15, 0.2) is 5.78 Å². The van der Waals surface area contributed by atoms with Crippen molar-refractivity contribution in [2.75, 3.05) is 11.2 Å². The molecule has 0 aliphatic heterocycles. The molecule has 0 fully saturated rings. The molecule has 2 aromatic carbocycles. The fraction of sp³-hybridized carbons (Fsp3) is 0.176. The fourth-order valence-electron chi connectivity index (χ4n) is 1.98. The molecule has 2 N–H and O–H groups in total. The Morgan fingerprint density at radius 2 is 1.91 bits per heavy atom. The molecule has 23 heavy (non-hydrogen) atoms. The molecule has 0 unspecified atom stereocenters. The number of aromatic hydroxyl groups is 1. The van der Waals surface area contributed by atoms with E-state index in [0.717, 1.165) is 5.56 Å². The van der Waals surface area contributed by atoms with E-state index in [1.807, 2.05) is 30.3 Å². The molecule has 0 atom stereocenters. The predicted octanol–water partition coefficient (Wildman–Crippen LogP) is 3.35. The number of carbonyl (C=O) groups excluding carboxylic acids is 2. The number of amides is 1. The van der Waals surface area contributed by atoms with E-state index in [9.17, 15) is 14.7 Å². The largest absolute Gasteiger partial charge is 0.505 e. The SMILES string of the molecule is CC(=O)c1cc(OCc2ccccc2)cc(NC(=O)CCl)c1O. The third kappa shape index (κ3) is 4.47. The first-order valence-electron chi connectivity index (χ1n) is 6.91. The fourth-order valence-corrected chi connectivity index (χ4v) is 2.05. The molecule has 2 rings (SSSR count).